The second kappa shape index (κ2) is 10.5. The number of para-hydroxylation sites is 1. The summed E-state index contributed by atoms with van der Waals surface area (Å²) < 4.78 is 0. The van der Waals surface area contributed by atoms with Gasteiger partial charge in [0.25, 0.3) is 5.91 Å². The van der Waals surface area contributed by atoms with E-state index in [4.69, 9.17) is 0 Å². The van der Waals surface area contributed by atoms with Crippen LogP contribution in [0.4, 0.5) is 5.69 Å². The van der Waals surface area contributed by atoms with E-state index in [2.05, 4.69) is 59.5 Å². The highest BCUT2D eigenvalue weighted by Gasteiger charge is 2.17. The van der Waals surface area contributed by atoms with Crippen LogP contribution in [0.3, 0.4) is 0 Å². The van der Waals surface area contributed by atoms with Crippen molar-refractivity contribution in [1.82, 2.24) is 9.97 Å². The quantitative estimate of drug-likeness (QED) is 0.245. The molecule has 0 bridgehead atoms. The number of benzene rings is 3. The van der Waals surface area contributed by atoms with Crippen molar-refractivity contribution in [2.75, 3.05) is 5.32 Å². The number of nitrogens with zero attached hydrogens (tertiary/aromatic N) is 2. The van der Waals surface area contributed by atoms with Crippen molar-refractivity contribution in [3.05, 3.63) is 107 Å². The van der Waals surface area contributed by atoms with E-state index >= 15 is 0 Å². The fourth-order valence-corrected chi connectivity index (χ4v) is 4.68. The van der Waals surface area contributed by atoms with Gasteiger partial charge in [0.05, 0.1) is 4.90 Å². The Hall–Kier alpha value is -3.09. The lowest BCUT2D eigenvalue weighted by Crippen LogP contribution is -2.15. The van der Waals surface area contributed by atoms with Crippen LogP contribution < -0.4 is 5.32 Å². The molecule has 4 aromatic rings. The zero-order valence-corrected chi connectivity index (χ0v) is 19.5. The Morgan fingerprint density at radius 1 is 0.906 bits per heavy atom. The van der Waals surface area contributed by atoms with Gasteiger partial charge in [-0.3, -0.25) is 4.79 Å². The highest BCUT2D eigenvalue weighted by molar-refractivity contribution is 7.99. The Kier molecular flexibility index (Phi) is 7.24. The van der Waals surface area contributed by atoms with Gasteiger partial charge in [0.15, 0.2) is 5.16 Å². The summed E-state index contributed by atoms with van der Waals surface area (Å²) in [5.41, 5.74) is 4.72. The van der Waals surface area contributed by atoms with Gasteiger partial charge in [0, 0.05) is 22.5 Å². The molecule has 0 radical (unpaired) electrons. The molecule has 1 heterocycles. The van der Waals surface area contributed by atoms with Crippen molar-refractivity contribution in [2.24, 2.45) is 0 Å². The van der Waals surface area contributed by atoms with Crippen LogP contribution in [0.1, 0.15) is 27.2 Å². The lowest BCUT2D eigenvalue weighted by atomic mass is 10.2. The van der Waals surface area contributed by atoms with E-state index in [1.165, 1.54) is 40.2 Å². The van der Waals surface area contributed by atoms with Gasteiger partial charge in [-0.1, -0.05) is 89.2 Å². The third-order valence-electron chi connectivity index (χ3n) is 4.68. The lowest BCUT2D eigenvalue weighted by molar-refractivity contribution is 0.101. The fraction of sp³-hybridized carbons (Fsp3) is 0.115. The molecule has 1 amide bonds. The molecule has 0 aliphatic heterocycles. The topological polar surface area (TPSA) is 54.9 Å². The summed E-state index contributed by atoms with van der Waals surface area (Å²) in [5, 5.41) is 3.53. The Balaban J connectivity index is 1.59. The van der Waals surface area contributed by atoms with E-state index < -0.39 is 0 Å². The first-order valence-corrected chi connectivity index (χ1v) is 12.0. The van der Waals surface area contributed by atoms with Crippen molar-refractivity contribution in [3.8, 4) is 0 Å². The maximum absolute atomic E-state index is 13.1. The van der Waals surface area contributed by atoms with Crippen LogP contribution in [0.2, 0.25) is 0 Å². The molecule has 0 fully saturated rings. The monoisotopic (exact) mass is 457 g/mol. The third kappa shape index (κ3) is 5.99. The third-order valence-corrected chi connectivity index (χ3v) is 6.64. The molecular weight excluding hydrogens is 434 g/mol. The smallest absolute Gasteiger partial charge is 0.275 e. The Labute approximate surface area is 196 Å². The predicted molar refractivity (Wildman–Crippen MR) is 132 cm³/mol. The first-order chi connectivity index (χ1) is 15.6. The minimum atomic E-state index is -0.245. The maximum Gasteiger partial charge on any atom is 0.275 e. The van der Waals surface area contributed by atoms with Gasteiger partial charge in [-0.05, 0) is 43.7 Å². The van der Waals surface area contributed by atoms with Gasteiger partial charge in [0.2, 0.25) is 0 Å². The van der Waals surface area contributed by atoms with E-state index in [1.807, 2.05) is 48.5 Å². The van der Waals surface area contributed by atoms with Crippen molar-refractivity contribution in [3.63, 3.8) is 0 Å². The van der Waals surface area contributed by atoms with E-state index in [-0.39, 0.29) is 5.91 Å². The van der Waals surface area contributed by atoms with E-state index in [1.54, 1.807) is 6.20 Å². The number of hydrogen-bond donors (Lipinski definition) is 1. The molecule has 0 atom stereocenters. The minimum Gasteiger partial charge on any atom is -0.321 e. The summed E-state index contributed by atoms with van der Waals surface area (Å²) in [7, 11) is 0. The van der Waals surface area contributed by atoms with Gasteiger partial charge < -0.3 is 5.32 Å². The fourth-order valence-electron chi connectivity index (χ4n) is 3.06. The molecule has 4 nitrogen and oxygen atoms in total. The van der Waals surface area contributed by atoms with Crippen LogP contribution in [-0.4, -0.2) is 15.9 Å². The van der Waals surface area contributed by atoms with Gasteiger partial charge >= 0.3 is 0 Å². The molecule has 1 N–H and O–H groups in total. The Morgan fingerprint density at radius 2 is 1.69 bits per heavy atom. The van der Waals surface area contributed by atoms with Gasteiger partial charge in [-0.15, -0.1) is 0 Å². The summed E-state index contributed by atoms with van der Waals surface area (Å²) >= 11 is 3.02. The number of carbonyl (C=O) groups excluding carboxylic acids is 1. The second-order valence-electron chi connectivity index (χ2n) is 7.38. The van der Waals surface area contributed by atoms with Crippen molar-refractivity contribution >= 4 is 35.1 Å². The van der Waals surface area contributed by atoms with E-state index in [0.717, 1.165) is 21.2 Å². The zero-order valence-electron chi connectivity index (χ0n) is 17.9. The van der Waals surface area contributed by atoms with Gasteiger partial charge in [-0.25, -0.2) is 9.97 Å². The predicted octanol–water partition coefficient (Wildman–Crippen LogP) is 6.79. The largest absolute Gasteiger partial charge is 0.321 e. The normalized spacial score (nSPS) is 10.7. The first-order valence-electron chi connectivity index (χ1n) is 10.2. The van der Waals surface area contributed by atoms with Crippen molar-refractivity contribution in [2.45, 2.75) is 34.5 Å². The Morgan fingerprint density at radius 3 is 2.44 bits per heavy atom. The van der Waals surface area contributed by atoms with Crippen LogP contribution in [0, 0.1) is 13.8 Å². The van der Waals surface area contributed by atoms with Crippen LogP contribution in [0.15, 0.2) is 100 Å². The standard InChI is InChI=1S/C26H23N3OS2/c1-18-11-13-22(14-12-18)32-23-16-27-26(31-17-20-8-6-7-19(2)15-20)29-24(23)25(30)28-21-9-4-3-5-10-21/h3-16H,17H2,1-2H3,(H,28,30). The molecule has 1 aromatic heterocycles. The number of anilines is 1. The summed E-state index contributed by atoms with van der Waals surface area (Å²) in [6.07, 6.45) is 1.75. The number of carbonyl (C=O) groups is 1. The molecule has 32 heavy (non-hydrogen) atoms. The molecular formula is C26H23N3OS2. The van der Waals surface area contributed by atoms with Gasteiger partial charge in [0.1, 0.15) is 5.69 Å². The summed E-state index contributed by atoms with van der Waals surface area (Å²) in [4.78, 5) is 24.1. The zero-order chi connectivity index (χ0) is 22.3. The molecule has 160 valence electrons. The lowest BCUT2D eigenvalue weighted by Gasteiger charge is -2.11. The van der Waals surface area contributed by atoms with Crippen LogP contribution in [-0.2, 0) is 5.75 Å². The maximum atomic E-state index is 13.1. The molecule has 6 heteroatoms. The number of nitrogens with one attached hydrogen (secondary N) is 1. The molecule has 3 aromatic carbocycles. The van der Waals surface area contributed by atoms with E-state index in [9.17, 15) is 4.79 Å². The Bertz CT molecular complexity index is 1210. The van der Waals surface area contributed by atoms with Crippen LogP contribution in [0.5, 0.6) is 0 Å². The molecule has 0 saturated carbocycles. The molecule has 0 saturated heterocycles. The number of aromatic nitrogens is 2. The molecule has 0 unspecified atom stereocenters. The number of rotatable bonds is 7. The number of hydrogen-bond acceptors (Lipinski definition) is 5. The average molecular weight is 458 g/mol. The minimum absolute atomic E-state index is 0.245. The highest BCUT2D eigenvalue weighted by atomic mass is 32.2. The number of thioether (sulfide) groups is 1. The summed E-state index contributed by atoms with van der Waals surface area (Å²) in [6.45, 7) is 4.13. The highest BCUT2D eigenvalue weighted by Crippen LogP contribution is 2.31. The number of amides is 1. The van der Waals surface area contributed by atoms with Crippen LogP contribution >= 0.6 is 23.5 Å². The SMILES string of the molecule is Cc1ccc(Sc2cnc(SCc3cccc(C)c3)nc2C(=O)Nc2ccccc2)cc1. The average Bonchev–Trinajstić information content (AvgIpc) is 2.80. The molecule has 4 rings (SSSR count). The second-order valence-corrected chi connectivity index (χ2v) is 9.44. The van der Waals surface area contributed by atoms with Gasteiger partial charge in [-0.2, -0.15) is 0 Å². The summed E-state index contributed by atoms with van der Waals surface area (Å²) in [5.74, 6) is 0.497. The molecule has 0 spiro atoms. The number of aryl methyl sites for hydroxylation is 2. The molecule has 0 aliphatic rings. The molecule has 0 aliphatic carbocycles. The van der Waals surface area contributed by atoms with E-state index in [0.29, 0.717) is 10.9 Å². The van der Waals surface area contributed by atoms with Crippen molar-refractivity contribution < 1.29 is 4.79 Å². The first kappa shape index (κ1) is 22.1. The van der Waals surface area contributed by atoms with Crippen LogP contribution in [0.25, 0.3) is 0 Å². The van der Waals surface area contributed by atoms with Crippen molar-refractivity contribution in [1.29, 1.82) is 0 Å². The summed E-state index contributed by atoms with van der Waals surface area (Å²) in [6, 6.07) is 26.0.